The first-order valence-corrected chi connectivity index (χ1v) is 8.37. The maximum atomic E-state index is 11.6. The molecule has 94 valence electrons. The Kier molecular flexibility index (Phi) is 4.02. The van der Waals surface area contributed by atoms with Crippen LogP contribution in [0.25, 0.3) is 11.1 Å². The minimum absolute atomic E-state index is 0.0421. The van der Waals surface area contributed by atoms with E-state index < -0.39 is 9.05 Å². The zero-order chi connectivity index (χ0) is 13.3. The van der Waals surface area contributed by atoms with Crippen LogP contribution in [-0.2, 0) is 9.05 Å². The molecule has 0 amide bonds. The Morgan fingerprint density at radius 2 is 1.67 bits per heavy atom. The van der Waals surface area contributed by atoms with Gasteiger partial charge in [0.2, 0.25) is 0 Å². The molecule has 18 heavy (non-hydrogen) atoms. The van der Waals surface area contributed by atoms with Crippen LogP contribution in [0.3, 0.4) is 0 Å². The second-order valence-electron chi connectivity index (χ2n) is 3.56. The highest BCUT2D eigenvalue weighted by molar-refractivity contribution is 9.10. The van der Waals surface area contributed by atoms with Crippen molar-refractivity contribution >= 4 is 47.3 Å². The summed E-state index contributed by atoms with van der Waals surface area (Å²) in [6, 6.07) is 11.8. The van der Waals surface area contributed by atoms with Crippen LogP contribution in [0.15, 0.2) is 51.8 Å². The van der Waals surface area contributed by atoms with Gasteiger partial charge in [-0.1, -0.05) is 45.7 Å². The number of rotatable bonds is 2. The average molecular weight is 366 g/mol. The van der Waals surface area contributed by atoms with Gasteiger partial charge in [-0.2, -0.15) is 0 Å². The smallest absolute Gasteiger partial charge is 0.207 e. The summed E-state index contributed by atoms with van der Waals surface area (Å²) in [5.41, 5.74) is 1.10. The molecular formula is C12H7BrCl2O2S. The second kappa shape index (κ2) is 5.21. The summed E-state index contributed by atoms with van der Waals surface area (Å²) < 4.78 is 23.9. The first kappa shape index (κ1) is 13.9. The fourth-order valence-corrected chi connectivity index (χ4v) is 3.27. The highest BCUT2D eigenvalue weighted by Gasteiger charge is 2.18. The van der Waals surface area contributed by atoms with Gasteiger partial charge in [0.1, 0.15) is 0 Å². The van der Waals surface area contributed by atoms with Gasteiger partial charge in [0.15, 0.2) is 0 Å². The van der Waals surface area contributed by atoms with E-state index in [9.17, 15) is 8.42 Å². The van der Waals surface area contributed by atoms with Gasteiger partial charge in [-0.05, 0) is 24.3 Å². The molecule has 0 saturated carbocycles. The first-order chi connectivity index (χ1) is 8.39. The summed E-state index contributed by atoms with van der Waals surface area (Å²) in [6.07, 6.45) is 0. The third-order valence-electron chi connectivity index (χ3n) is 2.37. The molecule has 0 bridgehead atoms. The van der Waals surface area contributed by atoms with Gasteiger partial charge in [-0.15, -0.1) is 0 Å². The van der Waals surface area contributed by atoms with Crippen molar-refractivity contribution in [2.75, 3.05) is 0 Å². The topological polar surface area (TPSA) is 34.1 Å². The van der Waals surface area contributed by atoms with Crippen LogP contribution in [0.4, 0.5) is 0 Å². The van der Waals surface area contributed by atoms with Crippen molar-refractivity contribution in [1.82, 2.24) is 0 Å². The van der Waals surface area contributed by atoms with Crippen LogP contribution < -0.4 is 0 Å². The maximum Gasteiger partial charge on any atom is 0.261 e. The third-order valence-corrected chi connectivity index (χ3v) is 4.57. The predicted molar refractivity (Wildman–Crippen MR) is 77.6 cm³/mol. The van der Waals surface area contributed by atoms with E-state index in [1.165, 1.54) is 6.07 Å². The first-order valence-electron chi connectivity index (χ1n) is 4.89. The average Bonchev–Trinajstić information content (AvgIpc) is 2.27. The molecule has 0 spiro atoms. The van der Waals surface area contributed by atoms with Crippen LogP contribution in [-0.4, -0.2) is 8.42 Å². The van der Waals surface area contributed by atoms with E-state index in [2.05, 4.69) is 15.9 Å². The van der Waals surface area contributed by atoms with Crippen molar-refractivity contribution in [2.24, 2.45) is 0 Å². The Balaban J connectivity index is 2.79. The van der Waals surface area contributed by atoms with E-state index >= 15 is 0 Å². The van der Waals surface area contributed by atoms with Crippen LogP contribution >= 0.6 is 38.2 Å². The second-order valence-corrected chi connectivity index (χ2v) is 7.42. The lowest BCUT2D eigenvalue weighted by Crippen LogP contribution is -1.95. The Morgan fingerprint density at radius 1 is 1.00 bits per heavy atom. The molecule has 0 atom stereocenters. The van der Waals surface area contributed by atoms with E-state index in [1.54, 1.807) is 36.4 Å². The molecule has 0 N–H and O–H groups in total. The molecule has 0 saturated heterocycles. The number of hydrogen-bond donors (Lipinski definition) is 0. The van der Waals surface area contributed by atoms with Crippen molar-refractivity contribution in [1.29, 1.82) is 0 Å². The summed E-state index contributed by atoms with van der Waals surface area (Å²) in [7, 11) is 1.61. The van der Waals surface area contributed by atoms with Gasteiger partial charge < -0.3 is 0 Å². The number of benzene rings is 2. The standard InChI is InChI=1S/C12H7BrCl2O2S/c13-8-5-6-12(18(15,16)17)10(7-8)9-3-1-2-4-11(9)14/h1-7H. The van der Waals surface area contributed by atoms with E-state index in [0.717, 1.165) is 4.47 Å². The molecule has 2 aromatic rings. The zero-order valence-corrected chi connectivity index (χ0v) is 12.8. The van der Waals surface area contributed by atoms with Crippen molar-refractivity contribution in [3.05, 3.63) is 52.0 Å². The highest BCUT2D eigenvalue weighted by atomic mass is 79.9. The minimum Gasteiger partial charge on any atom is -0.207 e. The van der Waals surface area contributed by atoms with E-state index in [0.29, 0.717) is 16.1 Å². The summed E-state index contributed by atoms with van der Waals surface area (Å²) in [5, 5.41) is 0.470. The third kappa shape index (κ3) is 2.88. The molecule has 2 aromatic carbocycles. The highest BCUT2D eigenvalue weighted by Crippen LogP contribution is 2.35. The molecule has 2 rings (SSSR count). The van der Waals surface area contributed by atoms with Gasteiger partial charge >= 0.3 is 0 Å². The summed E-state index contributed by atoms with van der Waals surface area (Å²) in [6.45, 7) is 0. The van der Waals surface area contributed by atoms with Gasteiger partial charge in [0, 0.05) is 31.3 Å². The Labute approximate surface area is 123 Å². The van der Waals surface area contributed by atoms with E-state index in [1.807, 2.05) is 0 Å². The van der Waals surface area contributed by atoms with Gasteiger partial charge in [0.05, 0.1) is 4.90 Å². The fourth-order valence-electron chi connectivity index (χ4n) is 1.60. The molecule has 6 heteroatoms. The largest absolute Gasteiger partial charge is 0.261 e. The molecule has 0 unspecified atom stereocenters. The predicted octanol–water partition coefficient (Wildman–Crippen LogP) is 4.70. The van der Waals surface area contributed by atoms with Crippen LogP contribution in [0.2, 0.25) is 5.02 Å². The van der Waals surface area contributed by atoms with Crippen molar-refractivity contribution in [3.63, 3.8) is 0 Å². The minimum atomic E-state index is -3.82. The summed E-state index contributed by atoms with van der Waals surface area (Å²) in [5.74, 6) is 0. The maximum absolute atomic E-state index is 11.6. The van der Waals surface area contributed by atoms with Crippen LogP contribution in [0.5, 0.6) is 0 Å². The molecule has 0 aliphatic rings. The molecule has 0 heterocycles. The van der Waals surface area contributed by atoms with Gasteiger partial charge in [0.25, 0.3) is 9.05 Å². The Bertz CT molecular complexity index is 699. The van der Waals surface area contributed by atoms with Gasteiger partial charge in [-0.25, -0.2) is 8.42 Å². The number of hydrogen-bond acceptors (Lipinski definition) is 2. The molecule has 0 radical (unpaired) electrons. The monoisotopic (exact) mass is 364 g/mol. The van der Waals surface area contributed by atoms with Crippen molar-refractivity contribution < 1.29 is 8.42 Å². The summed E-state index contributed by atoms with van der Waals surface area (Å²) in [4.78, 5) is 0.0421. The molecule has 2 nitrogen and oxygen atoms in total. The van der Waals surface area contributed by atoms with Crippen molar-refractivity contribution in [3.8, 4) is 11.1 Å². The molecule has 0 aliphatic heterocycles. The van der Waals surface area contributed by atoms with E-state index in [4.69, 9.17) is 22.3 Å². The lowest BCUT2D eigenvalue weighted by atomic mass is 10.1. The molecule has 0 aromatic heterocycles. The lowest BCUT2D eigenvalue weighted by molar-refractivity contribution is 0.610. The zero-order valence-electron chi connectivity index (χ0n) is 8.90. The Morgan fingerprint density at radius 3 is 2.28 bits per heavy atom. The quantitative estimate of drug-likeness (QED) is 0.723. The fraction of sp³-hybridized carbons (Fsp3) is 0. The van der Waals surface area contributed by atoms with Crippen molar-refractivity contribution in [2.45, 2.75) is 4.90 Å². The Hall–Kier alpha value is -0.550. The van der Waals surface area contributed by atoms with Crippen LogP contribution in [0.1, 0.15) is 0 Å². The van der Waals surface area contributed by atoms with Crippen LogP contribution in [0, 0.1) is 0 Å². The SMILES string of the molecule is O=S(=O)(Cl)c1ccc(Br)cc1-c1ccccc1Cl. The lowest BCUT2D eigenvalue weighted by Gasteiger charge is -2.09. The summed E-state index contributed by atoms with van der Waals surface area (Å²) >= 11 is 9.38. The van der Waals surface area contributed by atoms with E-state index in [-0.39, 0.29) is 4.90 Å². The number of halogens is 3. The molecular weight excluding hydrogens is 359 g/mol. The molecule has 0 aliphatic carbocycles. The molecule has 0 fully saturated rings. The normalized spacial score (nSPS) is 11.5. The van der Waals surface area contributed by atoms with Gasteiger partial charge in [-0.3, -0.25) is 0 Å².